The van der Waals surface area contributed by atoms with E-state index in [0.717, 1.165) is 0 Å². The van der Waals surface area contributed by atoms with E-state index in [9.17, 15) is 22.0 Å². The Morgan fingerprint density at radius 2 is 1.40 bits per heavy atom. The highest BCUT2D eigenvalue weighted by Crippen LogP contribution is 2.53. The lowest BCUT2D eigenvalue weighted by Crippen LogP contribution is -2.70. The molecule has 0 nitrogen and oxygen atoms in total. The van der Waals surface area contributed by atoms with E-state index in [0.29, 0.717) is 6.92 Å². The second kappa shape index (κ2) is 1.62. The molecule has 3 atom stereocenters. The Morgan fingerprint density at radius 1 is 1.00 bits per heavy atom. The number of rotatable bonds is 0. The van der Waals surface area contributed by atoms with Gasteiger partial charge in [0, 0.05) is 0 Å². The first-order valence-electron chi connectivity index (χ1n) is 2.66. The van der Waals surface area contributed by atoms with Gasteiger partial charge in [-0.25, -0.2) is 13.2 Å². The van der Waals surface area contributed by atoms with E-state index in [1.54, 1.807) is 0 Å². The molecule has 1 rings (SSSR count). The summed E-state index contributed by atoms with van der Waals surface area (Å²) >= 11 is 0. The first kappa shape index (κ1) is 7.75. The summed E-state index contributed by atoms with van der Waals surface area (Å²) < 4.78 is 60.0. The SMILES string of the molecule is CC1(F)C(F)C(F)C1(F)F. The monoisotopic (exact) mass is 160 g/mol. The molecule has 0 radical (unpaired) electrons. The third-order valence-corrected chi connectivity index (χ3v) is 1.77. The number of hydrogen-bond donors (Lipinski definition) is 0. The van der Waals surface area contributed by atoms with Crippen LogP contribution in [0.4, 0.5) is 22.0 Å². The van der Waals surface area contributed by atoms with E-state index in [1.165, 1.54) is 0 Å². The smallest absolute Gasteiger partial charge is 0.240 e. The van der Waals surface area contributed by atoms with Crippen LogP contribution in [0.2, 0.25) is 0 Å². The summed E-state index contributed by atoms with van der Waals surface area (Å²) in [6, 6.07) is 0. The van der Waals surface area contributed by atoms with Gasteiger partial charge in [0.15, 0.2) is 6.17 Å². The van der Waals surface area contributed by atoms with Crippen molar-refractivity contribution in [2.45, 2.75) is 30.9 Å². The largest absolute Gasteiger partial charge is 0.317 e. The minimum absolute atomic E-state index is 0.355. The summed E-state index contributed by atoms with van der Waals surface area (Å²) in [6.45, 7) is 0.355. The fourth-order valence-corrected chi connectivity index (χ4v) is 0.816. The number of alkyl halides is 5. The summed E-state index contributed by atoms with van der Waals surface area (Å²) in [5.74, 6) is -4.16. The minimum Gasteiger partial charge on any atom is -0.240 e. The normalized spacial score (nSPS) is 52.2. The van der Waals surface area contributed by atoms with Gasteiger partial charge in [-0.05, 0) is 6.92 Å². The van der Waals surface area contributed by atoms with E-state index in [4.69, 9.17) is 0 Å². The van der Waals surface area contributed by atoms with Crippen LogP contribution in [-0.2, 0) is 0 Å². The molecule has 0 saturated heterocycles. The van der Waals surface area contributed by atoms with Gasteiger partial charge in [-0.2, -0.15) is 8.78 Å². The van der Waals surface area contributed by atoms with Gasteiger partial charge in [0.25, 0.3) is 0 Å². The highest BCUT2D eigenvalue weighted by atomic mass is 19.3. The van der Waals surface area contributed by atoms with Crippen molar-refractivity contribution in [1.29, 1.82) is 0 Å². The van der Waals surface area contributed by atoms with Crippen LogP contribution in [0.5, 0.6) is 0 Å². The molecule has 5 heteroatoms. The van der Waals surface area contributed by atoms with Crippen molar-refractivity contribution in [3.05, 3.63) is 0 Å². The van der Waals surface area contributed by atoms with Crippen LogP contribution in [0.25, 0.3) is 0 Å². The fourth-order valence-electron chi connectivity index (χ4n) is 0.816. The van der Waals surface area contributed by atoms with Crippen LogP contribution in [0.3, 0.4) is 0 Å². The van der Waals surface area contributed by atoms with Crippen molar-refractivity contribution in [2.75, 3.05) is 0 Å². The molecule has 60 valence electrons. The predicted molar refractivity (Wildman–Crippen MR) is 24.3 cm³/mol. The Kier molecular flexibility index (Phi) is 1.26. The van der Waals surface area contributed by atoms with Crippen molar-refractivity contribution < 1.29 is 22.0 Å². The Labute approximate surface area is 54.0 Å². The average molecular weight is 160 g/mol. The van der Waals surface area contributed by atoms with Crippen LogP contribution < -0.4 is 0 Å². The maximum absolute atomic E-state index is 12.3. The Balaban J connectivity index is 2.82. The molecule has 0 aromatic heterocycles. The van der Waals surface area contributed by atoms with E-state index in [-0.39, 0.29) is 0 Å². The first-order valence-corrected chi connectivity index (χ1v) is 2.66. The van der Waals surface area contributed by atoms with Crippen LogP contribution >= 0.6 is 0 Å². The van der Waals surface area contributed by atoms with Crippen molar-refractivity contribution in [3.8, 4) is 0 Å². The second-order valence-electron chi connectivity index (χ2n) is 2.50. The molecule has 1 saturated carbocycles. The van der Waals surface area contributed by atoms with Crippen molar-refractivity contribution in [1.82, 2.24) is 0 Å². The molecule has 1 fully saturated rings. The number of halogens is 5. The summed E-state index contributed by atoms with van der Waals surface area (Å²) in [4.78, 5) is 0. The topological polar surface area (TPSA) is 0 Å². The van der Waals surface area contributed by atoms with E-state index >= 15 is 0 Å². The molecule has 0 aromatic carbocycles. The maximum atomic E-state index is 12.3. The van der Waals surface area contributed by atoms with Crippen molar-refractivity contribution in [3.63, 3.8) is 0 Å². The average Bonchev–Trinajstić information content (AvgIpc) is 1.84. The molecular formula is C5H5F5. The fraction of sp³-hybridized carbons (Fsp3) is 1.00. The third-order valence-electron chi connectivity index (χ3n) is 1.77. The summed E-state index contributed by atoms with van der Waals surface area (Å²) in [6.07, 6.45) is -5.68. The van der Waals surface area contributed by atoms with Crippen LogP contribution in [0.15, 0.2) is 0 Å². The first-order chi connectivity index (χ1) is 4.32. The zero-order chi connectivity index (χ0) is 8.15. The highest BCUT2D eigenvalue weighted by Gasteiger charge is 2.76. The summed E-state index contributed by atoms with van der Waals surface area (Å²) in [7, 11) is 0. The Bertz CT molecular complexity index is 134. The minimum atomic E-state index is -4.16. The van der Waals surface area contributed by atoms with E-state index in [1.807, 2.05) is 0 Å². The molecule has 0 aliphatic heterocycles. The van der Waals surface area contributed by atoms with Gasteiger partial charge in [-0.15, -0.1) is 0 Å². The molecule has 0 aromatic rings. The zero-order valence-corrected chi connectivity index (χ0v) is 5.04. The molecule has 1 aliphatic carbocycles. The van der Waals surface area contributed by atoms with Crippen LogP contribution in [0.1, 0.15) is 6.92 Å². The van der Waals surface area contributed by atoms with Gasteiger partial charge in [-0.3, -0.25) is 0 Å². The molecule has 0 N–H and O–H groups in total. The van der Waals surface area contributed by atoms with E-state index in [2.05, 4.69) is 0 Å². The highest BCUT2D eigenvalue weighted by molar-refractivity contribution is 5.15. The van der Waals surface area contributed by atoms with E-state index < -0.39 is 23.9 Å². The lowest BCUT2D eigenvalue weighted by Gasteiger charge is -2.45. The molecule has 3 unspecified atom stereocenters. The lowest BCUT2D eigenvalue weighted by atomic mass is 9.75. The molecule has 1 aliphatic rings. The molecular weight excluding hydrogens is 155 g/mol. The van der Waals surface area contributed by atoms with Gasteiger partial charge >= 0.3 is 5.92 Å². The van der Waals surface area contributed by atoms with Gasteiger partial charge < -0.3 is 0 Å². The molecule has 0 spiro atoms. The second-order valence-corrected chi connectivity index (χ2v) is 2.50. The van der Waals surface area contributed by atoms with Gasteiger partial charge in [0.05, 0.1) is 0 Å². The quantitative estimate of drug-likeness (QED) is 0.475. The predicted octanol–water partition coefficient (Wildman–Crippen LogP) is 2.04. The summed E-state index contributed by atoms with van der Waals surface area (Å²) in [5, 5.41) is 0. The lowest BCUT2D eigenvalue weighted by molar-refractivity contribution is -0.292. The van der Waals surface area contributed by atoms with Crippen LogP contribution in [-0.4, -0.2) is 23.9 Å². The van der Waals surface area contributed by atoms with Crippen molar-refractivity contribution >= 4 is 0 Å². The molecule has 0 heterocycles. The molecule has 0 amide bonds. The summed E-state index contributed by atoms with van der Waals surface area (Å²) in [5.41, 5.74) is -3.33. The maximum Gasteiger partial charge on any atom is 0.317 e. The van der Waals surface area contributed by atoms with Gasteiger partial charge in [0.1, 0.15) is 0 Å². The Morgan fingerprint density at radius 3 is 1.50 bits per heavy atom. The van der Waals surface area contributed by atoms with Gasteiger partial charge in [-0.1, -0.05) is 0 Å². The Hall–Kier alpha value is -0.350. The number of hydrogen-bond acceptors (Lipinski definition) is 0. The third kappa shape index (κ3) is 0.557. The standard InChI is InChI=1S/C5H5F5/c1-4(8)2(6)3(7)5(4,9)10/h2-3H,1H3. The zero-order valence-electron chi connectivity index (χ0n) is 5.04. The molecule has 10 heavy (non-hydrogen) atoms. The van der Waals surface area contributed by atoms with Crippen LogP contribution in [0, 0.1) is 0 Å². The molecule has 0 bridgehead atoms. The van der Waals surface area contributed by atoms with Gasteiger partial charge in [0.2, 0.25) is 11.8 Å². The van der Waals surface area contributed by atoms with Crippen molar-refractivity contribution in [2.24, 2.45) is 0 Å².